The van der Waals surface area contributed by atoms with Crippen molar-refractivity contribution in [3.05, 3.63) is 59.2 Å². The van der Waals surface area contributed by atoms with Gasteiger partial charge in [-0.05, 0) is 47.6 Å². The second-order valence-electron chi connectivity index (χ2n) is 5.83. The van der Waals surface area contributed by atoms with Crippen LogP contribution in [0.15, 0.2) is 42.5 Å². The zero-order valence-electron chi connectivity index (χ0n) is 10.9. The molecule has 0 bridgehead atoms. The van der Waals surface area contributed by atoms with Crippen LogP contribution >= 0.6 is 0 Å². The topological polar surface area (TPSA) is 0 Å². The van der Waals surface area contributed by atoms with Crippen LogP contribution in [0.4, 0.5) is 0 Å². The van der Waals surface area contributed by atoms with Gasteiger partial charge in [0.2, 0.25) is 0 Å². The van der Waals surface area contributed by atoms with Crippen LogP contribution < -0.4 is 0 Å². The predicted molar refractivity (Wildman–Crippen MR) is 96.1 cm³/mol. The fraction of sp³-hybridized carbons (Fsp3) is 0.429. The van der Waals surface area contributed by atoms with E-state index in [9.17, 15) is 0 Å². The van der Waals surface area contributed by atoms with Crippen molar-refractivity contribution in [1.29, 1.82) is 0 Å². The third-order valence-electron chi connectivity index (χ3n) is 4.94. The summed E-state index contributed by atoms with van der Waals surface area (Å²) >= 11 is 0. The van der Waals surface area contributed by atoms with Crippen LogP contribution in [0.25, 0.3) is 11.1 Å². The van der Waals surface area contributed by atoms with Gasteiger partial charge in [0, 0.05) is 5.41 Å². The second kappa shape index (κ2) is 6.05. The summed E-state index contributed by atoms with van der Waals surface area (Å²) in [5.41, 5.74) is 8.02. The minimum Gasteiger partial charge on any atom is -0.0776 e. The van der Waals surface area contributed by atoms with Crippen LogP contribution in [0.3, 0.4) is 0 Å². The number of rotatable bonds is 0. The molecule has 21 heavy (non-hydrogen) atoms. The predicted octanol–water partition coefficient (Wildman–Crippen LogP) is 6.74. The van der Waals surface area contributed by atoms with E-state index in [0.717, 1.165) is 0 Å². The van der Waals surface area contributed by atoms with Gasteiger partial charge in [0.25, 0.3) is 0 Å². The van der Waals surface area contributed by atoms with Gasteiger partial charge in [-0.15, -0.1) is 0 Å². The van der Waals surface area contributed by atoms with Crippen molar-refractivity contribution in [3.63, 3.8) is 0 Å². The van der Waals surface area contributed by atoms with Gasteiger partial charge in [-0.2, -0.15) is 0 Å². The molecule has 2 aromatic carbocycles. The van der Waals surface area contributed by atoms with Gasteiger partial charge < -0.3 is 0 Å². The molecule has 0 saturated heterocycles. The fourth-order valence-corrected chi connectivity index (χ4v) is 4.30. The molecule has 1 fully saturated rings. The first-order chi connectivity index (χ1) is 8.83. The van der Waals surface area contributed by atoms with E-state index >= 15 is 0 Å². The van der Waals surface area contributed by atoms with Gasteiger partial charge in [0.1, 0.15) is 0 Å². The molecule has 0 nitrogen and oxygen atoms in total. The minimum absolute atomic E-state index is 0. The number of hydrogen-bond acceptors (Lipinski definition) is 0. The Morgan fingerprint density at radius 2 is 1.38 bits per heavy atom. The Morgan fingerprint density at radius 3 is 2.10 bits per heavy atom. The molecule has 114 valence electrons. The molecule has 0 unspecified atom stereocenters. The molecular formula is C21H30. The summed E-state index contributed by atoms with van der Waals surface area (Å²) in [4.78, 5) is 0. The highest BCUT2D eigenvalue weighted by molar-refractivity contribution is 5.82. The van der Waals surface area contributed by atoms with Gasteiger partial charge in [0.15, 0.2) is 0 Å². The van der Waals surface area contributed by atoms with E-state index in [0.29, 0.717) is 5.41 Å². The van der Waals surface area contributed by atoms with Crippen molar-refractivity contribution >= 4 is 0 Å². The quantitative estimate of drug-likeness (QED) is 0.501. The van der Waals surface area contributed by atoms with Crippen molar-refractivity contribution in [2.75, 3.05) is 0 Å². The van der Waals surface area contributed by atoms with Crippen LogP contribution in [0.1, 0.15) is 64.7 Å². The molecule has 0 amide bonds. The van der Waals surface area contributed by atoms with Gasteiger partial charge in [-0.25, -0.2) is 0 Å². The summed E-state index contributed by atoms with van der Waals surface area (Å²) < 4.78 is 0. The Balaban J connectivity index is 0.000000735. The van der Waals surface area contributed by atoms with Crippen LogP contribution in [0, 0.1) is 6.92 Å². The summed E-state index contributed by atoms with van der Waals surface area (Å²) in [6.45, 7) is 2.28. The zero-order chi connectivity index (χ0) is 12.2. The molecule has 0 aliphatic heterocycles. The largest absolute Gasteiger partial charge is 0.0776 e. The molecular weight excluding hydrogens is 252 g/mol. The van der Waals surface area contributed by atoms with Gasteiger partial charge in [-0.3, -0.25) is 0 Å². The van der Waals surface area contributed by atoms with Crippen molar-refractivity contribution < 1.29 is 0 Å². The molecule has 2 aromatic rings. The zero-order valence-corrected chi connectivity index (χ0v) is 10.9. The monoisotopic (exact) mass is 282 g/mol. The fourth-order valence-electron chi connectivity index (χ4n) is 4.30. The van der Waals surface area contributed by atoms with Gasteiger partial charge in [0.05, 0.1) is 0 Å². The Hall–Kier alpha value is -1.56. The maximum atomic E-state index is 2.36. The highest BCUT2D eigenvalue weighted by Crippen LogP contribution is 2.57. The SMILES string of the molecule is C.C.C.Cc1cccc2c1C1(CCCC1)c1ccccc1-2. The third-order valence-corrected chi connectivity index (χ3v) is 4.94. The maximum absolute atomic E-state index is 2.36. The summed E-state index contributed by atoms with van der Waals surface area (Å²) in [6, 6.07) is 15.9. The summed E-state index contributed by atoms with van der Waals surface area (Å²) in [5, 5.41) is 0. The lowest BCUT2D eigenvalue weighted by atomic mass is 9.75. The molecule has 2 aliphatic rings. The summed E-state index contributed by atoms with van der Waals surface area (Å²) in [5.74, 6) is 0. The first kappa shape index (κ1) is 17.5. The van der Waals surface area contributed by atoms with E-state index in [-0.39, 0.29) is 22.3 Å². The van der Waals surface area contributed by atoms with Crippen molar-refractivity contribution in [1.82, 2.24) is 0 Å². The van der Waals surface area contributed by atoms with E-state index in [1.165, 1.54) is 42.4 Å². The molecule has 0 heteroatoms. The lowest BCUT2D eigenvalue weighted by Crippen LogP contribution is -2.21. The van der Waals surface area contributed by atoms with Crippen molar-refractivity contribution in [3.8, 4) is 11.1 Å². The molecule has 0 atom stereocenters. The molecule has 0 N–H and O–H groups in total. The maximum Gasteiger partial charge on any atom is 0.0217 e. The van der Waals surface area contributed by atoms with E-state index in [4.69, 9.17) is 0 Å². The Bertz CT molecular complexity index is 616. The molecule has 1 saturated carbocycles. The lowest BCUT2D eigenvalue weighted by molar-refractivity contribution is 0.547. The molecule has 1 spiro atoms. The minimum atomic E-state index is 0. The highest BCUT2D eigenvalue weighted by atomic mass is 14.5. The standard InChI is InChI=1S/C18H18.3CH4/c1-13-7-6-9-15-14-8-2-3-10-16(14)18(17(13)15)11-4-5-12-18;;;/h2-3,6-10H,4-5,11-12H2,1H3;3*1H4. The van der Waals surface area contributed by atoms with Crippen molar-refractivity contribution in [2.24, 2.45) is 0 Å². The molecule has 2 aliphatic carbocycles. The third kappa shape index (κ3) is 2.12. The normalized spacial score (nSPS) is 16.2. The van der Waals surface area contributed by atoms with Crippen LogP contribution in [0.2, 0.25) is 0 Å². The average Bonchev–Trinajstić information content (AvgIpc) is 2.98. The van der Waals surface area contributed by atoms with E-state index < -0.39 is 0 Å². The smallest absolute Gasteiger partial charge is 0.0217 e. The van der Waals surface area contributed by atoms with Crippen LogP contribution in [-0.4, -0.2) is 0 Å². The van der Waals surface area contributed by atoms with Gasteiger partial charge >= 0.3 is 0 Å². The first-order valence-electron chi connectivity index (χ1n) is 7.03. The summed E-state index contributed by atoms with van der Waals surface area (Å²) in [6.07, 6.45) is 5.42. The second-order valence-corrected chi connectivity index (χ2v) is 5.83. The number of benzene rings is 2. The molecule has 0 aromatic heterocycles. The number of aryl methyl sites for hydroxylation is 1. The summed E-state index contributed by atoms with van der Waals surface area (Å²) in [7, 11) is 0. The van der Waals surface area contributed by atoms with Crippen LogP contribution in [0.5, 0.6) is 0 Å². The van der Waals surface area contributed by atoms with E-state index in [1.54, 1.807) is 11.1 Å². The number of fused-ring (bicyclic) bond motifs is 5. The molecule has 4 rings (SSSR count). The van der Waals surface area contributed by atoms with Gasteiger partial charge in [-0.1, -0.05) is 77.6 Å². The van der Waals surface area contributed by atoms with Crippen LogP contribution in [-0.2, 0) is 5.41 Å². The average molecular weight is 282 g/mol. The van der Waals surface area contributed by atoms with E-state index in [1.807, 2.05) is 0 Å². The Morgan fingerprint density at radius 1 is 0.762 bits per heavy atom. The Labute approximate surface area is 131 Å². The van der Waals surface area contributed by atoms with Crippen molar-refractivity contribution in [2.45, 2.75) is 60.3 Å². The Kier molecular flexibility index (Phi) is 5.04. The highest BCUT2D eigenvalue weighted by Gasteiger charge is 2.45. The lowest BCUT2D eigenvalue weighted by Gasteiger charge is -2.28. The van der Waals surface area contributed by atoms with E-state index in [2.05, 4.69) is 49.4 Å². The first-order valence-corrected chi connectivity index (χ1v) is 7.03. The number of hydrogen-bond donors (Lipinski definition) is 0. The molecule has 0 heterocycles. The molecule has 0 radical (unpaired) electrons.